The lowest BCUT2D eigenvalue weighted by molar-refractivity contribution is -0.117. The number of hydrogen-bond acceptors (Lipinski definition) is 3. The molecule has 1 aliphatic rings. The minimum atomic E-state index is -0.284. The predicted octanol–water partition coefficient (Wildman–Crippen LogP) is 4.81. The largest absolute Gasteiger partial charge is 0.497 e. The Balaban J connectivity index is 1.63. The molecule has 1 unspecified atom stereocenters. The van der Waals surface area contributed by atoms with Crippen molar-refractivity contribution < 1.29 is 9.53 Å². The fourth-order valence-electron chi connectivity index (χ4n) is 3.43. The number of carbonyl (C=O) groups is 1. The standard InChI is InChI=1S/C23H25N3O2/c1-15(17-11-13-20(28-3)14-12-17)23(27)24-22-16(2)21(18-9-10-18)25-26(22)19-7-5-4-6-8-19/h4-8,11-15,18H,9-10H2,1-3H3,(H,24,27). The van der Waals surface area contributed by atoms with Gasteiger partial charge in [-0.15, -0.1) is 0 Å². The number of nitrogens with one attached hydrogen (secondary N) is 1. The fourth-order valence-corrected chi connectivity index (χ4v) is 3.43. The Morgan fingerprint density at radius 1 is 1.14 bits per heavy atom. The third kappa shape index (κ3) is 3.52. The van der Waals surface area contributed by atoms with Crippen LogP contribution in [0.2, 0.25) is 0 Å². The normalized spacial score (nSPS) is 14.5. The molecule has 0 saturated heterocycles. The van der Waals surface area contributed by atoms with E-state index in [1.54, 1.807) is 7.11 Å². The lowest BCUT2D eigenvalue weighted by Gasteiger charge is -2.15. The summed E-state index contributed by atoms with van der Waals surface area (Å²) in [6, 6.07) is 17.6. The molecule has 1 fully saturated rings. The zero-order valence-corrected chi connectivity index (χ0v) is 16.5. The number of methoxy groups -OCH3 is 1. The highest BCUT2D eigenvalue weighted by Crippen LogP contribution is 2.43. The van der Waals surface area contributed by atoms with Gasteiger partial charge in [0.1, 0.15) is 11.6 Å². The number of anilines is 1. The molecule has 0 radical (unpaired) electrons. The van der Waals surface area contributed by atoms with Gasteiger partial charge in [0.15, 0.2) is 0 Å². The van der Waals surface area contributed by atoms with Crippen molar-refractivity contribution in [2.45, 2.75) is 38.5 Å². The summed E-state index contributed by atoms with van der Waals surface area (Å²) in [4.78, 5) is 13.0. The number of hydrogen-bond donors (Lipinski definition) is 1. The van der Waals surface area contributed by atoms with Gasteiger partial charge in [0.05, 0.1) is 24.4 Å². The molecule has 5 heteroatoms. The first kappa shape index (κ1) is 18.3. The number of para-hydroxylation sites is 1. The maximum absolute atomic E-state index is 13.0. The fraction of sp³-hybridized carbons (Fsp3) is 0.304. The summed E-state index contributed by atoms with van der Waals surface area (Å²) in [5, 5.41) is 7.97. The van der Waals surface area contributed by atoms with Crippen LogP contribution >= 0.6 is 0 Å². The number of rotatable bonds is 6. The molecule has 0 aliphatic heterocycles. The highest BCUT2D eigenvalue weighted by molar-refractivity contribution is 5.95. The van der Waals surface area contributed by atoms with Crippen LogP contribution in [0.25, 0.3) is 5.69 Å². The summed E-state index contributed by atoms with van der Waals surface area (Å²) in [5.41, 5.74) is 4.05. The average Bonchev–Trinajstić information content (AvgIpc) is 3.53. The number of amides is 1. The molecular formula is C23H25N3O2. The Bertz CT molecular complexity index is 973. The number of aromatic nitrogens is 2. The second kappa shape index (κ2) is 7.50. The van der Waals surface area contributed by atoms with Crippen LogP contribution in [0.3, 0.4) is 0 Å². The average molecular weight is 375 g/mol. The number of nitrogens with zero attached hydrogens (tertiary/aromatic N) is 2. The SMILES string of the molecule is COc1ccc(C(C)C(=O)Nc2c(C)c(C3CC3)nn2-c2ccccc2)cc1. The van der Waals surface area contributed by atoms with Gasteiger partial charge in [0, 0.05) is 11.5 Å². The van der Waals surface area contributed by atoms with Crippen LogP contribution in [-0.4, -0.2) is 22.8 Å². The molecule has 1 atom stereocenters. The van der Waals surface area contributed by atoms with Gasteiger partial charge in [-0.1, -0.05) is 30.3 Å². The topological polar surface area (TPSA) is 56.1 Å². The van der Waals surface area contributed by atoms with Gasteiger partial charge in [0.25, 0.3) is 0 Å². The minimum absolute atomic E-state index is 0.0484. The zero-order chi connectivity index (χ0) is 19.7. The van der Waals surface area contributed by atoms with Crippen LogP contribution < -0.4 is 10.1 Å². The van der Waals surface area contributed by atoms with E-state index in [4.69, 9.17) is 9.84 Å². The summed E-state index contributed by atoms with van der Waals surface area (Å²) < 4.78 is 7.07. The van der Waals surface area contributed by atoms with Crippen molar-refractivity contribution in [3.8, 4) is 11.4 Å². The van der Waals surface area contributed by atoms with E-state index in [1.165, 1.54) is 12.8 Å². The van der Waals surface area contributed by atoms with Crippen LogP contribution in [-0.2, 0) is 4.79 Å². The van der Waals surface area contributed by atoms with Crippen LogP contribution in [0.4, 0.5) is 5.82 Å². The van der Waals surface area contributed by atoms with E-state index >= 15 is 0 Å². The predicted molar refractivity (Wildman–Crippen MR) is 110 cm³/mol. The molecule has 28 heavy (non-hydrogen) atoms. The van der Waals surface area contributed by atoms with Gasteiger partial charge >= 0.3 is 0 Å². The lowest BCUT2D eigenvalue weighted by atomic mass is 10.00. The number of benzene rings is 2. The van der Waals surface area contributed by atoms with Gasteiger partial charge in [-0.3, -0.25) is 4.79 Å². The summed E-state index contributed by atoms with van der Waals surface area (Å²) in [6.45, 7) is 3.96. The van der Waals surface area contributed by atoms with Gasteiger partial charge < -0.3 is 10.1 Å². The second-order valence-electron chi connectivity index (χ2n) is 7.36. The molecule has 1 N–H and O–H groups in total. The van der Waals surface area contributed by atoms with E-state index in [-0.39, 0.29) is 11.8 Å². The molecule has 2 aromatic carbocycles. The highest BCUT2D eigenvalue weighted by atomic mass is 16.5. The van der Waals surface area contributed by atoms with Gasteiger partial charge in [-0.25, -0.2) is 4.68 Å². The molecule has 1 saturated carbocycles. The van der Waals surface area contributed by atoms with Crippen LogP contribution in [0, 0.1) is 6.92 Å². The van der Waals surface area contributed by atoms with Gasteiger partial charge in [-0.05, 0) is 56.5 Å². The Hall–Kier alpha value is -3.08. The molecule has 1 amide bonds. The van der Waals surface area contributed by atoms with E-state index in [0.717, 1.165) is 34.1 Å². The van der Waals surface area contributed by atoms with Crippen molar-refractivity contribution in [2.24, 2.45) is 0 Å². The van der Waals surface area contributed by atoms with E-state index in [1.807, 2.05) is 73.1 Å². The van der Waals surface area contributed by atoms with Crippen molar-refractivity contribution in [1.29, 1.82) is 0 Å². The van der Waals surface area contributed by atoms with Gasteiger partial charge in [0.2, 0.25) is 5.91 Å². The molecule has 3 aromatic rings. The summed E-state index contributed by atoms with van der Waals surface area (Å²) >= 11 is 0. The third-order valence-corrected chi connectivity index (χ3v) is 5.37. The van der Waals surface area contributed by atoms with Crippen molar-refractivity contribution >= 4 is 11.7 Å². The Kier molecular flexibility index (Phi) is 4.90. The number of carbonyl (C=O) groups excluding carboxylic acids is 1. The molecule has 1 heterocycles. The zero-order valence-electron chi connectivity index (χ0n) is 16.5. The molecule has 0 bridgehead atoms. The summed E-state index contributed by atoms with van der Waals surface area (Å²) in [7, 11) is 1.64. The third-order valence-electron chi connectivity index (χ3n) is 5.37. The summed E-state index contributed by atoms with van der Waals surface area (Å²) in [5.74, 6) is 1.73. The molecule has 144 valence electrons. The highest BCUT2D eigenvalue weighted by Gasteiger charge is 2.31. The Morgan fingerprint density at radius 3 is 2.43 bits per heavy atom. The first-order chi connectivity index (χ1) is 13.6. The monoisotopic (exact) mass is 375 g/mol. The molecule has 5 nitrogen and oxygen atoms in total. The van der Waals surface area contributed by atoms with Gasteiger partial charge in [-0.2, -0.15) is 5.10 Å². The van der Waals surface area contributed by atoms with E-state index in [9.17, 15) is 4.79 Å². The maximum atomic E-state index is 13.0. The van der Waals surface area contributed by atoms with Crippen molar-refractivity contribution in [2.75, 3.05) is 12.4 Å². The van der Waals surface area contributed by atoms with E-state index in [0.29, 0.717) is 5.92 Å². The molecule has 0 spiro atoms. The second-order valence-corrected chi connectivity index (χ2v) is 7.36. The molecule has 4 rings (SSSR count). The van der Waals surface area contributed by atoms with Crippen molar-refractivity contribution in [3.05, 3.63) is 71.4 Å². The smallest absolute Gasteiger partial charge is 0.232 e. The molecule has 1 aromatic heterocycles. The number of ether oxygens (including phenoxy) is 1. The van der Waals surface area contributed by atoms with E-state index in [2.05, 4.69) is 5.32 Å². The minimum Gasteiger partial charge on any atom is -0.497 e. The van der Waals surface area contributed by atoms with Crippen molar-refractivity contribution in [3.63, 3.8) is 0 Å². The first-order valence-electron chi connectivity index (χ1n) is 9.68. The van der Waals surface area contributed by atoms with Crippen molar-refractivity contribution in [1.82, 2.24) is 9.78 Å². The van der Waals surface area contributed by atoms with Crippen LogP contribution in [0.15, 0.2) is 54.6 Å². The Labute approximate surface area is 165 Å². The Morgan fingerprint density at radius 2 is 1.82 bits per heavy atom. The quantitative estimate of drug-likeness (QED) is 0.673. The van der Waals surface area contributed by atoms with Crippen LogP contribution in [0.5, 0.6) is 5.75 Å². The maximum Gasteiger partial charge on any atom is 0.232 e. The first-order valence-corrected chi connectivity index (χ1v) is 9.68. The van der Waals surface area contributed by atoms with E-state index < -0.39 is 0 Å². The lowest BCUT2D eigenvalue weighted by Crippen LogP contribution is -2.21. The summed E-state index contributed by atoms with van der Waals surface area (Å²) in [6.07, 6.45) is 2.34. The van der Waals surface area contributed by atoms with Crippen LogP contribution in [0.1, 0.15) is 48.4 Å². The molecule has 1 aliphatic carbocycles. The molecular weight excluding hydrogens is 350 g/mol.